The van der Waals surface area contributed by atoms with Crippen LogP contribution in [0.1, 0.15) is 43.2 Å². The van der Waals surface area contributed by atoms with Crippen molar-refractivity contribution >= 4 is 6.03 Å². The first kappa shape index (κ1) is 20.1. The molecule has 1 aliphatic carbocycles. The van der Waals surface area contributed by atoms with E-state index in [0.717, 1.165) is 44.0 Å². The Kier molecular flexibility index (Phi) is 6.14. The van der Waals surface area contributed by atoms with Crippen molar-refractivity contribution in [3.63, 3.8) is 0 Å². The van der Waals surface area contributed by atoms with Crippen LogP contribution >= 0.6 is 0 Å². The Hall–Kier alpha value is -1.79. The van der Waals surface area contributed by atoms with Crippen LogP contribution < -0.4 is 4.74 Å². The Bertz CT molecular complexity index is 745. The molecule has 0 bridgehead atoms. The first-order valence-electron chi connectivity index (χ1n) is 11.9. The van der Waals surface area contributed by atoms with Crippen molar-refractivity contribution in [3.05, 3.63) is 29.3 Å². The molecular formula is C24H35N3O3. The quantitative estimate of drug-likeness (QED) is 0.761. The van der Waals surface area contributed by atoms with Gasteiger partial charge in [0.2, 0.25) is 0 Å². The number of fused-ring (bicyclic) bond motifs is 1. The average Bonchev–Trinajstić information content (AvgIpc) is 3.12. The molecule has 6 heteroatoms. The minimum atomic E-state index is 0.155. The largest absolute Gasteiger partial charge is 0.491 e. The lowest BCUT2D eigenvalue weighted by molar-refractivity contribution is 0.0402. The van der Waals surface area contributed by atoms with Crippen molar-refractivity contribution in [2.24, 2.45) is 0 Å². The highest BCUT2D eigenvalue weighted by molar-refractivity contribution is 5.75. The number of likely N-dealkylation sites (tertiary alicyclic amines) is 1. The van der Waals surface area contributed by atoms with Crippen LogP contribution in [0.15, 0.2) is 18.2 Å². The van der Waals surface area contributed by atoms with Gasteiger partial charge in [-0.05, 0) is 61.8 Å². The number of rotatable bonds is 4. The lowest BCUT2D eigenvalue weighted by atomic mass is 9.91. The average molecular weight is 414 g/mol. The van der Waals surface area contributed by atoms with Crippen LogP contribution in [0.4, 0.5) is 4.79 Å². The molecule has 164 valence electrons. The van der Waals surface area contributed by atoms with Crippen LogP contribution in [-0.2, 0) is 17.6 Å². The highest BCUT2D eigenvalue weighted by atomic mass is 16.5. The minimum Gasteiger partial charge on any atom is -0.491 e. The molecule has 3 heterocycles. The number of urea groups is 1. The maximum Gasteiger partial charge on any atom is 0.320 e. The van der Waals surface area contributed by atoms with Crippen LogP contribution in [0.5, 0.6) is 5.75 Å². The van der Waals surface area contributed by atoms with Gasteiger partial charge in [0, 0.05) is 38.8 Å². The first-order valence-corrected chi connectivity index (χ1v) is 11.9. The molecular weight excluding hydrogens is 378 g/mol. The van der Waals surface area contributed by atoms with E-state index in [9.17, 15) is 4.79 Å². The van der Waals surface area contributed by atoms with Gasteiger partial charge in [0.25, 0.3) is 0 Å². The van der Waals surface area contributed by atoms with Crippen molar-refractivity contribution in [2.75, 3.05) is 52.5 Å². The predicted molar refractivity (Wildman–Crippen MR) is 116 cm³/mol. The number of hydrogen-bond donors (Lipinski definition) is 0. The lowest BCUT2D eigenvalue weighted by Gasteiger charge is -2.36. The zero-order chi connectivity index (χ0) is 20.3. The molecule has 1 saturated carbocycles. The molecule has 0 unspecified atom stereocenters. The van der Waals surface area contributed by atoms with Crippen LogP contribution in [0.3, 0.4) is 0 Å². The van der Waals surface area contributed by atoms with Crippen molar-refractivity contribution in [1.82, 2.24) is 14.7 Å². The van der Waals surface area contributed by atoms with Crippen molar-refractivity contribution in [3.8, 4) is 5.75 Å². The third kappa shape index (κ3) is 4.30. The van der Waals surface area contributed by atoms with Gasteiger partial charge in [-0.3, -0.25) is 4.90 Å². The molecule has 0 aromatic heterocycles. The summed E-state index contributed by atoms with van der Waals surface area (Å²) in [6.45, 7) is 6.48. The molecule has 1 aromatic carbocycles. The fraction of sp³-hybridized carbons (Fsp3) is 0.708. The zero-order valence-electron chi connectivity index (χ0n) is 18.1. The molecule has 2 amide bonds. The molecule has 3 fully saturated rings. The van der Waals surface area contributed by atoms with Gasteiger partial charge in [-0.2, -0.15) is 0 Å². The van der Waals surface area contributed by atoms with Crippen LogP contribution in [-0.4, -0.2) is 85.4 Å². The number of carbonyl (C=O) groups is 1. The summed E-state index contributed by atoms with van der Waals surface area (Å²) in [6.07, 6.45) is 8.52. The Labute approximate surface area is 180 Å². The van der Waals surface area contributed by atoms with Gasteiger partial charge >= 0.3 is 6.03 Å². The summed E-state index contributed by atoms with van der Waals surface area (Å²) in [5, 5.41) is 0. The molecule has 0 radical (unpaired) electrons. The molecule has 0 N–H and O–H groups in total. The van der Waals surface area contributed by atoms with Crippen molar-refractivity contribution in [1.29, 1.82) is 0 Å². The fourth-order valence-electron chi connectivity index (χ4n) is 5.32. The van der Waals surface area contributed by atoms with Crippen LogP contribution in [0, 0.1) is 0 Å². The van der Waals surface area contributed by atoms with E-state index < -0.39 is 0 Å². The predicted octanol–water partition coefficient (Wildman–Crippen LogP) is 2.94. The lowest BCUT2D eigenvalue weighted by Crippen LogP contribution is -2.50. The van der Waals surface area contributed by atoms with Gasteiger partial charge in [0.15, 0.2) is 0 Å². The number of amides is 2. The molecule has 5 rings (SSSR count). The summed E-state index contributed by atoms with van der Waals surface area (Å²) in [5.74, 6) is 0.955. The standard InChI is InChI=1S/C24H35N3O3/c28-24(26-13-15-29-16-14-26)27-10-2-5-22(27)18-30-23-7-6-19-8-11-25(21-3-1-4-21)12-9-20(19)17-23/h6-7,17,21-22H,1-5,8-16,18H2/t22-/m0/s1. The number of benzene rings is 1. The summed E-state index contributed by atoms with van der Waals surface area (Å²) >= 11 is 0. The highest BCUT2D eigenvalue weighted by Crippen LogP contribution is 2.29. The molecule has 0 spiro atoms. The Morgan fingerprint density at radius 1 is 0.967 bits per heavy atom. The summed E-state index contributed by atoms with van der Waals surface area (Å²) < 4.78 is 11.6. The molecule has 1 atom stereocenters. The molecule has 3 aliphatic heterocycles. The SMILES string of the molecule is O=C(N1CCOCC1)N1CCC[C@H]1COc1ccc2c(c1)CCN(C1CCC1)CC2. The number of nitrogens with zero attached hydrogens (tertiary/aromatic N) is 3. The van der Waals surface area contributed by atoms with Gasteiger partial charge in [-0.25, -0.2) is 4.79 Å². The molecule has 6 nitrogen and oxygen atoms in total. The van der Waals surface area contributed by atoms with E-state index in [4.69, 9.17) is 9.47 Å². The monoisotopic (exact) mass is 413 g/mol. The van der Waals surface area contributed by atoms with E-state index in [1.54, 1.807) is 0 Å². The maximum absolute atomic E-state index is 12.9. The zero-order valence-corrected chi connectivity index (χ0v) is 18.1. The number of morpholine rings is 1. The van der Waals surface area contributed by atoms with Crippen LogP contribution in [0.25, 0.3) is 0 Å². The molecule has 1 aromatic rings. The number of ether oxygens (including phenoxy) is 2. The topological polar surface area (TPSA) is 45.3 Å². The second kappa shape index (κ2) is 9.15. The second-order valence-electron chi connectivity index (χ2n) is 9.23. The first-order chi connectivity index (χ1) is 14.8. The molecule has 2 saturated heterocycles. The highest BCUT2D eigenvalue weighted by Gasteiger charge is 2.33. The Morgan fingerprint density at radius 2 is 1.77 bits per heavy atom. The van der Waals surface area contributed by atoms with E-state index in [-0.39, 0.29) is 12.1 Å². The minimum absolute atomic E-state index is 0.155. The van der Waals surface area contributed by atoms with Gasteiger partial charge in [0.1, 0.15) is 12.4 Å². The van der Waals surface area contributed by atoms with E-state index in [2.05, 4.69) is 23.1 Å². The third-order valence-electron chi connectivity index (χ3n) is 7.45. The van der Waals surface area contributed by atoms with E-state index in [1.165, 1.54) is 43.5 Å². The van der Waals surface area contributed by atoms with E-state index in [1.807, 2.05) is 9.80 Å². The van der Waals surface area contributed by atoms with Gasteiger partial charge in [0.05, 0.1) is 19.3 Å². The Morgan fingerprint density at radius 3 is 2.53 bits per heavy atom. The summed E-state index contributed by atoms with van der Waals surface area (Å²) in [7, 11) is 0. The second-order valence-corrected chi connectivity index (χ2v) is 9.23. The molecule has 4 aliphatic rings. The number of carbonyl (C=O) groups excluding carboxylic acids is 1. The fourth-order valence-corrected chi connectivity index (χ4v) is 5.32. The van der Waals surface area contributed by atoms with Crippen LogP contribution in [0.2, 0.25) is 0 Å². The van der Waals surface area contributed by atoms with Crippen molar-refractivity contribution < 1.29 is 14.3 Å². The molecule has 30 heavy (non-hydrogen) atoms. The van der Waals surface area contributed by atoms with Crippen molar-refractivity contribution in [2.45, 2.75) is 57.0 Å². The normalized spacial score (nSPS) is 25.5. The van der Waals surface area contributed by atoms with E-state index in [0.29, 0.717) is 32.9 Å². The number of hydrogen-bond acceptors (Lipinski definition) is 4. The van der Waals surface area contributed by atoms with Gasteiger partial charge in [-0.1, -0.05) is 12.5 Å². The smallest absolute Gasteiger partial charge is 0.320 e. The van der Waals surface area contributed by atoms with Gasteiger partial charge < -0.3 is 19.3 Å². The summed E-state index contributed by atoms with van der Waals surface area (Å²) in [5.41, 5.74) is 2.93. The summed E-state index contributed by atoms with van der Waals surface area (Å²) in [6, 6.07) is 7.80. The van der Waals surface area contributed by atoms with Gasteiger partial charge in [-0.15, -0.1) is 0 Å². The third-order valence-corrected chi connectivity index (χ3v) is 7.45. The van der Waals surface area contributed by atoms with E-state index >= 15 is 0 Å². The maximum atomic E-state index is 12.9. The Balaban J connectivity index is 1.17. The summed E-state index contributed by atoms with van der Waals surface area (Å²) in [4.78, 5) is 19.5.